The Kier molecular flexibility index (Phi) is 5.44. The molecule has 106 valence electrons. The number of rotatable bonds is 4. The van der Waals surface area contributed by atoms with E-state index in [1.807, 2.05) is 19.2 Å². The third-order valence-electron chi connectivity index (χ3n) is 3.13. The van der Waals surface area contributed by atoms with Gasteiger partial charge in [-0.1, -0.05) is 51.3 Å². The van der Waals surface area contributed by atoms with Crippen molar-refractivity contribution in [2.24, 2.45) is 0 Å². The molecule has 0 fully saturated rings. The molecule has 1 unspecified atom stereocenters. The zero-order chi connectivity index (χ0) is 14.7. The average Bonchev–Trinajstić information content (AvgIpc) is 2.39. The van der Waals surface area contributed by atoms with Crippen LogP contribution in [-0.4, -0.2) is 7.05 Å². The van der Waals surface area contributed by atoms with E-state index >= 15 is 0 Å². The van der Waals surface area contributed by atoms with Crippen LogP contribution in [0.1, 0.15) is 17.2 Å². The van der Waals surface area contributed by atoms with Gasteiger partial charge in [-0.05, 0) is 48.9 Å². The Morgan fingerprint density at radius 3 is 2.55 bits per heavy atom. The molecule has 1 N–H and O–H groups in total. The molecule has 0 aliphatic heterocycles. The van der Waals surface area contributed by atoms with Gasteiger partial charge in [-0.25, -0.2) is 4.39 Å². The van der Waals surface area contributed by atoms with Gasteiger partial charge >= 0.3 is 0 Å². The standard InChI is InChI=1S/C15H13BrCl2FN/c1-20-15(12-5-4-11(17)8-13(12)18)6-9-2-3-10(16)7-14(9)19/h2-5,7-8,15,20H,6H2,1H3. The number of halogens is 4. The molecule has 1 nitrogen and oxygen atoms in total. The molecule has 2 aromatic rings. The van der Waals surface area contributed by atoms with E-state index in [1.54, 1.807) is 18.2 Å². The van der Waals surface area contributed by atoms with Crippen molar-refractivity contribution in [3.05, 3.63) is 67.9 Å². The smallest absolute Gasteiger partial charge is 0.127 e. The predicted octanol–water partition coefficient (Wildman–Crippen LogP) is 5.40. The molecule has 2 rings (SSSR count). The van der Waals surface area contributed by atoms with Crippen LogP contribution in [0.2, 0.25) is 10.0 Å². The van der Waals surface area contributed by atoms with Gasteiger partial charge < -0.3 is 5.32 Å². The lowest BCUT2D eigenvalue weighted by Crippen LogP contribution is -2.19. The van der Waals surface area contributed by atoms with Crippen LogP contribution in [0.4, 0.5) is 4.39 Å². The van der Waals surface area contributed by atoms with Gasteiger partial charge in [0, 0.05) is 20.6 Å². The van der Waals surface area contributed by atoms with E-state index in [1.165, 1.54) is 6.07 Å². The first-order valence-electron chi connectivity index (χ1n) is 6.07. The van der Waals surface area contributed by atoms with Crippen LogP contribution in [0.5, 0.6) is 0 Å². The first-order valence-corrected chi connectivity index (χ1v) is 7.62. The highest BCUT2D eigenvalue weighted by atomic mass is 79.9. The molecule has 0 aliphatic rings. The van der Waals surface area contributed by atoms with Crippen molar-refractivity contribution < 1.29 is 4.39 Å². The van der Waals surface area contributed by atoms with Gasteiger partial charge in [0.05, 0.1) is 0 Å². The summed E-state index contributed by atoms with van der Waals surface area (Å²) in [6.45, 7) is 0. The molecule has 0 aromatic heterocycles. The van der Waals surface area contributed by atoms with Crippen molar-refractivity contribution in [1.29, 1.82) is 0 Å². The van der Waals surface area contributed by atoms with Crippen molar-refractivity contribution in [1.82, 2.24) is 5.32 Å². The van der Waals surface area contributed by atoms with Crippen LogP contribution >= 0.6 is 39.1 Å². The first-order chi connectivity index (χ1) is 9.51. The second kappa shape index (κ2) is 6.90. The summed E-state index contributed by atoms with van der Waals surface area (Å²) in [7, 11) is 1.83. The van der Waals surface area contributed by atoms with Crippen LogP contribution in [0.25, 0.3) is 0 Å². The molecular weight excluding hydrogens is 364 g/mol. The monoisotopic (exact) mass is 375 g/mol. The van der Waals surface area contributed by atoms with Gasteiger partial charge in [-0.2, -0.15) is 0 Å². The fourth-order valence-corrected chi connectivity index (χ4v) is 2.93. The molecule has 0 amide bonds. The summed E-state index contributed by atoms with van der Waals surface area (Å²) in [6.07, 6.45) is 0.511. The second-order valence-electron chi connectivity index (χ2n) is 4.45. The summed E-state index contributed by atoms with van der Waals surface area (Å²) in [4.78, 5) is 0. The Morgan fingerprint density at radius 2 is 1.95 bits per heavy atom. The molecule has 1 atom stereocenters. The zero-order valence-electron chi connectivity index (χ0n) is 10.8. The molecule has 0 saturated heterocycles. The maximum absolute atomic E-state index is 13.9. The highest BCUT2D eigenvalue weighted by Crippen LogP contribution is 2.29. The fraction of sp³-hybridized carbons (Fsp3) is 0.200. The van der Waals surface area contributed by atoms with E-state index in [4.69, 9.17) is 23.2 Å². The van der Waals surface area contributed by atoms with Gasteiger partial charge in [0.15, 0.2) is 0 Å². The lowest BCUT2D eigenvalue weighted by atomic mass is 9.98. The molecule has 20 heavy (non-hydrogen) atoms. The van der Waals surface area contributed by atoms with Crippen LogP contribution < -0.4 is 5.32 Å². The average molecular weight is 377 g/mol. The molecular formula is C15H13BrCl2FN. The number of likely N-dealkylation sites (N-methyl/N-ethyl adjacent to an activating group) is 1. The molecule has 0 saturated carbocycles. The van der Waals surface area contributed by atoms with Crippen LogP contribution in [0.15, 0.2) is 40.9 Å². The summed E-state index contributed by atoms with van der Waals surface area (Å²) < 4.78 is 14.6. The van der Waals surface area contributed by atoms with Crippen LogP contribution in [0.3, 0.4) is 0 Å². The lowest BCUT2D eigenvalue weighted by Gasteiger charge is -2.18. The normalized spacial score (nSPS) is 12.4. The Hall–Kier alpha value is -0.610. The Balaban J connectivity index is 2.28. The molecule has 0 spiro atoms. The summed E-state index contributed by atoms with van der Waals surface area (Å²) in [6, 6.07) is 10.3. The minimum Gasteiger partial charge on any atom is -0.313 e. The Labute approximate surface area is 136 Å². The van der Waals surface area contributed by atoms with E-state index in [2.05, 4.69) is 21.2 Å². The van der Waals surface area contributed by atoms with Crippen molar-refractivity contribution >= 4 is 39.1 Å². The van der Waals surface area contributed by atoms with Crippen molar-refractivity contribution in [3.8, 4) is 0 Å². The maximum atomic E-state index is 13.9. The van der Waals surface area contributed by atoms with Gasteiger partial charge in [-0.15, -0.1) is 0 Å². The number of nitrogens with one attached hydrogen (secondary N) is 1. The largest absolute Gasteiger partial charge is 0.313 e. The van der Waals surface area contributed by atoms with Crippen molar-refractivity contribution in [2.45, 2.75) is 12.5 Å². The Bertz CT molecular complexity index is 619. The molecule has 5 heteroatoms. The fourth-order valence-electron chi connectivity index (χ4n) is 2.06. The Morgan fingerprint density at radius 1 is 1.20 bits per heavy atom. The van der Waals surface area contributed by atoms with Gasteiger partial charge in [0.2, 0.25) is 0 Å². The van der Waals surface area contributed by atoms with Crippen molar-refractivity contribution in [2.75, 3.05) is 7.05 Å². The molecule has 0 aliphatic carbocycles. The van der Waals surface area contributed by atoms with E-state index in [9.17, 15) is 4.39 Å². The van der Waals surface area contributed by atoms with E-state index in [0.29, 0.717) is 22.0 Å². The third-order valence-corrected chi connectivity index (χ3v) is 4.18. The minimum atomic E-state index is -0.232. The summed E-state index contributed by atoms with van der Waals surface area (Å²) >= 11 is 15.4. The number of hydrogen-bond acceptors (Lipinski definition) is 1. The number of benzene rings is 2. The first kappa shape index (κ1) is 15.8. The van der Waals surface area contributed by atoms with Gasteiger partial charge in [-0.3, -0.25) is 0 Å². The highest BCUT2D eigenvalue weighted by Gasteiger charge is 2.16. The molecule has 0 bridgehead atoms. The summed E-state index contributed by atoms with van der Waals surface area (Å²) in [5, 5.41) is 4.33. The highest BCUT2D eigenvalue weighted by molar-refractivity contribution is 9.10. The predicted molar refractivity (Wildman–Crippen MR) is 86.1 cm³/mol. The van der Waals surface area contributed by atoms with Gasteiger partial charge in [0.25, 0.3) is 0 Å². The van der Waals surface area contributed by atoms with Crippen LogP contribution in [-0.2, 0) is 6.42 Å². The summed E-state index contributed by atoms with van der Waals surface area (Å²) in [5.41, 5.74) is 1.54. The molecule has 0 heterocycles. The van der Waals surface area contributed by atoms with Crippen LogP contribution in [0, 0.1) is 5.82 Å². The zero-order valence-corrected chi connectivity index (χ0v) is 13.9. The van der Waals surface area contributed by atoms with E-state index in [0.717, 1.165) is 10.0 Å². The summed E-state index contributed by atoms with van der Waals surface area (Å²) in [5.74, 6) is -0.232. The number of hydrogen-bond donors (Lipinski definition) is 1. The second-order valence-corrected chi connectivity index (χ2v) is 6.21. The van der Waals surface area contributed by atoms with Gasteiger partial charge in [0.1, 0.15) is 5.82 Å². The SMILES string of the molecule is CNC(Cc1ccc(Br)cc1F)c1ccc(Cl)cc1Cl. The third kappa shape index (κ3) is 3.73. The quantitative estimate of drug-likeness (QED) is 0.753. The topological polar surface area (TPSA) is 12.0 Å². The lowest BCUT2D eigenvalue weighted by molar-refractivity contribution is 0.554. The van der Waals surface area contributed by atoms with Crippen molar-refractivity contribution in [3.63, 3.8) is 0 Å². The molecule has 0 radical (unpaired) electrons. The maximum Gasteiger partial charge on any atom is 0.127 e. The van der Waals surface area contributed by atoms with E-state index in [-0.39, 0.29) is 11.9 Å². The minimum absolute atomic E-state index is 0.0737. The molecule has 2 aromatic carbocycles. The van der Waals surface area contributed by atoms with E-state index < -0.39 is 0 Å².